The van der Waals surface area contributed by atoms with E-state index in [4.69, 9.17) is 13.6 Å². The molecule has 0 bridgehead atoms. The molecule has 0 aliphatic carbocycles. The molecule has 0 aliphatic heterocycles. The van der Waals surface area contributed by atoms with E-state index in [1.807, 2.05) is 0 Å². The predicted molar refractivity (Wildman–Crippen MR) is 97.9 cm³/mol. The van der Waals surface area contributed by atoms with Crippen LogP contribution in [0.15, 0.2) is 0 Å². The highest BCUT2D eigenvalue weighted by atomic mass is 31.2. The van der Waals surface area contributed by atoms with Crippen molar-refractivity contribution in [3.63, 3.8) is 0 Å². The fourth-order valence-electron chi connectivity index (χ4n) is 2.23. The highest BCUT2D eigenvalue weighted by Gasteiger charge is 2.25. The lowest BCUT2D eigenvalue weighted by Crippen LogP contribution is -2.04. The van der Waals surface area contributed by atoms with Gasteiger partial charge in [0.05, 0.1) is 19.8 Å². The molecule has 0 radical (unpaired) electrons. The SMILES string of the molecule is CCCCCCCCOP(=O)(OCCCCC)OCCCCC. The van der Waals surface area contributed by atoms with Crippen molar-refractivity contribution >= 4 is 7.82 Å². The first-order chi connectivity index (χ1) is 11.2. The molecule has 0 aromatic rings. The van der Waals surface area contributed by atoms with Crippen LogP contribution in [-0.4, -0.2) is 19.8 Å². The summed E-state index contributed by atoms with van der Waals surface area (Å²) in [4.78, 5) is 0. The van der Waals surface area contributed by atoms with E-state index in [9.17, 15) is 4.57 Å². The molecular weight excluding hydrogens is 311 g/mol. The fraction of sp³-hybridized carbons (Fsp3) is 1.00. The molecule has 0 aromatic carbocycles. The predicted octanol–water partition coefficient (Wildman–Crippen LogP) is 6.89. The van der Waals surface area contributed by atoms with Gasteiger partial charge in [0.25, 0.3) is 0 Å². The standard InChI is InChI=1S/C18H39O4P/c1-4-7-10-11-12-15-18-22-23(19,20-16-13-8-5-2)21-17-14-9-6-3/h4-18H2,1-3H3. The van der Waals surface area contributed by atoms with Crippen molar-refractivity contribution in [2.45, 2.75) is 97.8 Å². The van der Waals surface area contributed by atoms with Crippen molar-refractivity contribution in [2.75, 3.05) is 19.8 Å². The second kappa shape index (κ2) is 17.0. The van der Waals surface area contributed by atoms with Crippen molar-refractivity contribution in [2.24, 2.45) is 0 Å². The Morgan fingerprint density at radius 3 is 1.26 bits per heavy atom. The summed E-state index contributed by atoms with van der Waals surface area (Å²) in [6.07, 6.45) is 13.3. The van der Waals surface area contributed by atoms with E-state index in [0.717, 1.165) is 51.4 Å². The van der Waals surface area contributed by atoms with Gasteiger partial charge in [-0.3, -0.25) is 13.6 Å². The average molecular weight is 350 g/mol. The molecular formula is C18H39O4P. The molecule has 0 N–H and O–H groups in total. The Labute approximate surface area is 144 Å². The molecule has 0 atom stereocenters. The van der Waals surface area contributed by atoms with Gasteiger partial charge in [-0.05, 0) is 19.3 Å². The van der Waals surface area contributed by atoms with Gasteiger partial charge in [-0.25, -0.2) is 4.57 Å². The first kappa shape index (κ1) is 23.1. The third-order valence-electron chi connectivity index (χ3n) is 3.74. The number of hydrogen-bond donors (Lipinski definition) is 0. The van der Waals surface area contributed by atoms with Gasteiger partial charge in [-0.15, -0.1) is 0 Å². The fourth-order valence-corrected chi connectivity index (χ4v) is 3.51. The van der Waals surface area contributed by atoms with Crippen LogP contribution in [0, 0.1) is 0 Å². The average Bonchev–Trinajstić information content (AvgIpc) is 2.55. The zero-order valence-corrected chi connectivity index (χ0v) is 16.6. The van der Waals surface area contributed by atoms with E-state index in [0.29, 0.717) is 19.8 Å². The van der Waals surface area contributed by atoms with Gasteiger partial charge >= 0.3 is 7.82 Å². The maximum Gasteiger partial charge on any atom is 0.474 e. The van der Waals surface area contributed by atoms with Gasteiger partial charge in [-0.1, -0.05) is 78.6 Å². The van der Waals surface area contributed by atoms with Crippen LogP contribution in [0.5, 0.6) is 0 Å². The van der Waals surface area contributed by atoms with Crippen LogP contribution >= 0.6 is 7.82 Å². The maximum absolute atomic E-state index is 12.6. The second-order valence-corrected chi connectivity index (χ2v) is 7.80. The minimum atomic E-state index is -3.36. The number of phosphoric ester groups is 1. The van der Waals surface area contributed by atoms with E-state index in [1.54, 1.807) is 0 Å². The summed E-state index contributed by atoms with van der Waals surface area (Å²) >= 11 is 0. The third kappa shape index (κ3) is 15.4. The zero-order valence-electron chi connectivity index (χ0n) is 15.7. The number of phosphoric acid groups is 1. The Kier molecular flexibility index (Phi) is 17.0. The van der Waals surface area contributed by atoms with Gasteiger partial charge in [0, 0.05) is 0 Å². The molecule has 0 heterocycles. The van der Waals surface area contributed by atoms with Gasteiger partial charge in [-0.2, -0.15) is 0 Å². The van der Waals surface area contributed by atoms with Crippen molar-refractivity contribution in [3.05, 3.63) is 0 Å². The molecule has 0 saturated carbocycles. The summed E-state index contributed by atoms with van der Waals surface area (Å²) in [6.45, 7) is 7.85. The van der Waals surface area contributed by atoms with Crippen LogP contribution in [-0.2, 0) is 18.1 Å². The van der Waals surface area contributed by atoms with E-state index >= 15 is 0 Å². The quantitative estimate of drug-likeness (QED) is 0.199. The summed E-state index contributed by atoms with van der Waals surface area (Å²) in [7, 11) is -3.36. The summed E-state index contributed by atoms with van der Waals surface area (Å²) < 4.78 is 29.1. The van der Waals surface area contributed by atoms with Crippen LogP contribution in [0.3, 0.4) is 0 Å². The molecule has 5 heteroatoms. The van der Waals surface area contributed by atoms with Crippen molar-refractivity contribution in [1.29, 1.82) is 0 Å². The van der Waals surface area contributed by atoms with Crippen molar-refractivity contribution < 1.29 is 18.1 Å². The lowest BCUT2D eigenvalue weighted by Gasteiger charge is -2.18. The van der Waals surface area contributed by atoms with Crippen LogP contribution in [0.1, 0.15) is 97.8 Å². The summed E-state index contributed by atoms with van der Waals surface area (Å²) in [5.74, 6) is 0. The van der Waals surface area contributed by atoms with Gasteiger partial charge in [0.1, 0.15) is 0 Å². The zero-order chi connectivity index (χ0) is 17.2. The minimum absolute atomic E-state index is 0.454. The Hall–Kier alpha value is 0.110. The smallest absolute Gasteiger partial charge is 0.287 e. The van der Waals surface area contributed by atoms with Gasteiger partial charge in [0.15, 0.2) is 0 Å². The summed E-state index contributed by atoms with van der Waals surface area (Å²) in [5.41, 5.74) is 0. The molecule has 0 aromatic heterocycles. The Bertz CT molecular complexity index is 268. The molecule has 0 spiro atoms. The normalized spacial score (nSPS) is 12.0. The van der Waals surface area contributed by atoms with Crippen LogP contribution < -0.4 is 0 Å². The Morgan fingerprint density at radius 2 is 0.826 bits per heavy atom. The van der Waals surface area contributed by atoms with E-state index in [1.165, 1.54) is 25.7 Å². The Morgan fingerprint density at radius 1 is 0.522 bits per heavy atom. The molecule has 0 unspecified atom stereocenters. The van der Waals surface area contributed by atoms with Crippen molar-refractivity contribution in [1.82, 2.24) is 0 Å². The topological polar surface area (TPSA) is 44.8 Å². The third-order valence-corrected chi connectivity index (χ3v) is 5.24. The monoisotopic (exact) mass is 350 g/mol. The highest BCUT2D eigenvalue weighted by molar-refractivity contribution is 7.48. The lowest BCUT2D eigenvalue weighted by atomic mass is 10.1. The lowest BCUT2D eigenvalue weighted by molar-refractivity contribution is 0.109. The summed E-state index contributed by atoms with van der Waals surface area (Å²) in [5, 5.41) is 0. The van der Waals surface area contributed by atoms with Crippen LogP contribution in [0.4, 0.5) is 0 Å². The molecule has 0 amide bonds. The van der Waals surface area contributed by atoms with E-state index in [-0.39, 0.29) is 0 Å². The van der Waals surface area contributed by atoms with Crippen molar-refractivity contribution in [3.8, 4) is 0 Å². The minimum Gasteiger partial charge on any atom is -0.287 e. The molecule has 0 saturated heterocycles. The number of rotatable bonds is 18. The Balaban J connectivity index is 3.96. The second-order valence-electron chi connectivity index (χ2n) is 6.13. The van der Waals surface area contributed by atoms with E-state index < -0.39 is 7.82 Å². The first-order valence-electron chi connectivity index (χ1n) is 9.72. The number of hydrogen-bond acceptors (Lipinski definition) is 4. The van der Waals surface area contributed by atoms with Gasteiger partial charge < -0.3 is 0 Å². The largest absolute Gasteiger partial charge is 0.474 e. The van der Waals surface area contributed by atoms with Crippen LogP contribution in [0.2, 0.25) is 0 Å². The van der Waals surface area contributed by atoms with Crippen LogP contribution in [0.25, 0.3) is 0 Å². The van der Waals surface area contributed by atoms with E-state index in [2.05, 4.69) is 20.8 Å². The molecule has 140 valence electrons. The molecule has 4 nitrogen and oxygen atoms in total. The molecule has 23 heavy (non-hydrogen) atoms. The summed E-state index contributed by atoms with van der Waals surface area (Å²) in [6, 6.07) is 0. The first-order valence-corrected chi connectivity index (χ1v) is 11.2. The maximum atomic E-state index is 12.6. The molecule has 0 rings (SSSR count). The molecule has 0 fully saturated rings. The molecule has 0 aliphatic rings. The van der Waals surface area contributed by atoms with Gasteiger partial charge in [0.2, 0.25) is 0 Å². The number of unbranched alkanes of at least 4 members (excludes halogenated alkanes) is 9. The highest BCUT2D eigenvalue weighted by Crippen LogP contribution is 2.49.